The predicted octanol–water partition coefficient (Wildman–Crippen LogP) is 3.79. The third kappa shape index (κ3) is 3.32. The maximum Gasteiger partial charge on any atom is 0.283 e. The number of nitrogens with zero attached hydrogens (tertiary/aromatic N) is 4. The Morgan fingerprint density at radius 1 is 1.24 bits per heavy atom. The maximum absolute atomic E-state index is 12.5. The van der Waals surface area contributed by atoms with Crippen molar-refractivity contribution in [3.8, 4) is 17.2 Å². The molecule has 148 valence electrons. The number of ether oxygens (including phenoxy) is 2. The molecule has 0 unspecified atom stereocenters. The Hall–Kier alpha value is -3.04. The Morgan fingerprint density at radius 2 is 2.00 bits per heavy atom. The van der Waals surface area contributed by atoms with E-state index in [-0.39, 0.29) is 11.4 Å². The molecule has 1 N–H and O–H groups in total. The van der Waals surface area contributed by atoms with Gasteiger partial charge in [-0.15, -0.1) is 0 Å². The van der Waals surface area contributed by atoms with Crippen LogP contribution in [0.3, 0.4) is 0 Å². The number of amidine groups is 2. The van der Waals surface area contributed by atoms with Gasteiger partial charge in [-0.25, -0.2) is 0 Å². The number of benzene rings is 1. The molecule has 0 saturated carbocycles. The molecule has 1 aromatic heterocycles. The first kappa shape index (κ1) is 19.3. The van der Waals surface area contributed by atoms with E-state index in [9.17, 15) is 4.79 Å². The van der Waals surface area contributed by atoms with Crippen molar-refractivity contribution in [1.29, 1.82) is 5.41 Å². The van der Waals surface area contributed by atoms with Crippen molar-refractivity contribution in [3.05, 3.63) is 46.8 Å². The monoisotopic (exact) mass is 429 g/mol. The highest BCUT2D eigenvalue weighted by Crippen LogP contribution is 2.36. The second kappa shape index (κ2) is 7.41. The Morgan fingerprint density at radius 3 is 2.72 bits per heavy atom. The zero-order chi connectivity index (χ0) is 20.7. The minimum atomic E-state index is -0.480. The van der Waals surface area contributed by atoms with Gasteiger partial charge in [0.15, 0.2) is 5.84 Å². The predicted molar refractivity (Wildman–Crippen MR) is 115 cm³/mol. The van der Waals surface area contributed by atoms with Gasteiger partial charge >= 0.3 is 0 Å². The van der Waals surface area contributed by atoms with Gasteiger partial charge in [-0.3, -0.25) is 10.2 Å². The molecule has 1 amide bonds. The van der Waals surface area contributed by atoms with E-state index in [1.165, 1.54) is 23.9 Å². The lowest BCUT2D eigenvalue weighted by molar-refractivity contribution is -0.114. The van der Waals surface area contributed by atoms with Crippen LogP contribution in [0.1, 0.15) is 12.6 Å². The Labute approximate surface area is 176 Å². The first-order chi connectivity index (χ1) is 13.9. The zero-order valence-corrected chi connectivity index (χ0v) is 17.3. The van der Waals surface area contributed by atoms with Crippen LogP contribution in [0, 0.1) is 5.41 Å². The van der Waals surface area contributed by atoms with Crippen LogP contribution in [0.4, 0.5) is 0 Å². The number of amides is 1. The lowest BCUT2D eigenvalue weighted by Crippen LogP contribution is -2.35. The number of hydrazone groups is 1. The first-order valence-electron chi connectivity index (χ1n) is 8.49. The fraction of sp³-hybridized carbons (Fsp3) is 0.158. The quantitative estimate of drug-likeness (QED) is 0.746. The molecular weight excluding hydrogens is 414 g/mol. The van der Waals surface area contributed by atoms with Gasteiger partial charge in [-0.1, -0.05) is 11.6 Å². The fourth-order valence-electron chi connectivity index (χ4n) is 3.00. The summed E-state index contributed by atoms with van der Waals surface area (Å²) in [5.41, 5.74) is 1.47. The molecular formula is C19H16ClN5O3S. The van der Waals surface area contributed by atoms with E-state index in [0.29, 0.717) is 33.1 Å². The lowest BCUT2D eigenvalue weighted by atomic mass is 10.1. The van der Waals surface area contributed by atoms with Crippen LogP contribution < -0.4 is 9.47 Å². The number of rotatable bonds is 4. The number of carbonyl (C=O) groups is 1. The van der Waals surface area contributed by atoms with Gasteiger partial charge in [0.05, 0.1) is 35.5 Å². The molecule has 0 atom stereocenters. The molecule has 0 radical (unpaired) electrons. The summed E-state index contributed by atoms with van der Waals surface area (Å²) in [6.07, 6.45) is 3.42. The number of carbonyl (C=O) groups excluding carboxylic acids is 1. The van der Waals surface area contributed by atoms with Gasteiger partial charge in [-0.05, 0) is 43.0 Å². The van der Waals surface area contributed by atoms with E-state index in [0.717, 1.165) is 5.04 Å². The van der Waals surface area contributed by atoms with E-state index >= 15 is 0 Å². The molecule has 2 aliphatic heterocycles. The molecule has 0 aliphatic carbocycles. The van der Waals surface area contributed by atoms with Crippen molar-refractivity contribution in [2.24, 2.45) is 10.1 Å². The second-order valence-electron chi connectivity index (χ2n) is 6.10. The van der Waals surface area contributed by atoms with Gasteiger partial charge < -0.3 is 14.0 Å². The summed E-state index contributed by atoms with van der Waals surface area (Å²) in [5, 5.41) is 15.6. The van der Waals surface area contributed by atoms with Crippen LogP contribution in [-0.4, -0.2) is 45.7 Å². The molecule has 4 rings (SSSR count). The van der Waals surface area contributed by atoms with Crippen molar-refractivity contribution in [2.45, 2.75) is 6.92 Å². The van der Waals surface area contributed by atoms with Gasteiger partial charge in [0.1, 0.15) is 11.5 Å². The molecule has 1 aromatic carbocycles. The van der Waals surface area contributed by atoms with Crippen molar-refractivity contribution >= 4 is 51.4 Å². The number of halogens is 1. The molecule has 0 saturated heterocycles. The molecule has 29 heavy (non-hydrogen) atoms. The van der Waals surface area contributed by atoms with Gasteiger partial charge in [0.2, 0.25) is 5.17 Å². The number of methoxy groups -OCH3 is 2. The van der Waals surface area contributed by atoms with E-state index < -0.39 is 5.91 Å². The standard InChI is InChI=1S/C19H16ClN5O3S/c1-10-23-25-17(21)12(18(26)22-19(25)29-10)7-11-5-4-6-24(11)14-8-13(20)15(27-2)9-16(14)28-3/h4-9,21H,1-3H3/b12-7-,21-17?. The highest BCUT2D eigenvalue weighted by atomic mass is 35.5. The summed E-state index contributed by atoms with van der Waals surface area (Å²) < 4.78 is 12.5. The summed E-state index contributed by atoms with van der Waals surface area (Å²) in [5.74, 6) is 0.539. The highest BCUT2D eigenvalue weighted by molar-refractivity contribution is 8.26. The van der Waals surface area contributed by atoms with E-state index in [2.05, 4.69) is 10.1 Å². The van der Waals surface area contributed by atoms with Gasteiger partial charge in [0, 0.05) is 18.0 Å². The average Bonchev–Trinajstić information content (AvgIpc) is 3.30. The van der Waals surface area contributed by atoms with Gasteiger partial charge in [0.25, 0.3) is 5.91 Å². The highest BCUT2D eigenvalue weighted by Gasteiger charge is 2.34. The molecule has 0 spiro atoms. The van der Waals surface area contributed by atoms with Crippen molar-refractivity contribution in [1.82, 2.24) is 9.58 Å². The van der Waals surface area contributed by atoms with E-state index in [1.54, 1.807) is 32.2 Å². The number of fused-ring (bicyclic) bond motifs is 1. The third-order valence-electron chi connectivity index (χ3n) is 4.34. The summed E-state index contributed by atoms with van der Waals surface area (Å²) in [4.78, 5) is 16.6. The topological polar surface area (TPSA) is 92.3 Å². The SMILES string of the molecule is COc1cc(OC)c(-n2cccc2/C=C2/C(=N)N3N=C(C)SC3=NC2=O)cc1Cl. The smallest absolute Gasteiger partial charge is 0.283 e. The van der Waals surface area contributed by atoms with Crippen LogP contribution in [0.15, 0.2) is 46.1 Å². The van der Waals surface area contributed by atoms with E-state index in [1.807, 2.05) is 22.9 Å². The summed E-state index contributed by atoms with van der Waals surface area (Å²) in [7, 11) is 3.08. The number of nitrogens with one attached hydrogen (secondary N) is 1. The largest absolute Gasteiger partial charge is 0.495 e. The summed E-state index contributed by atoms with van der Waals surface area (Å²) >= 11 is 7.57. The van der Waals surface area contributed by atoms with Crippen molar-refractivity contribution < 1.29 is 14.3 Å². The molecule has 8 nitrogen and oxygen atoms in total. The van der Waals surface area contributed by atoms with Crippen LogP contribution in [0.5, 0.6) is 11.5 Å². The number of aliphatic imine (C=N–C) groups is 1. The number of aromatic nitrogens is 1. The Bertz CT molecular complexity index is 1130. The second-order valence-corrected chi connectivity index (χ2v) is 7.67. The zero-order valence-electron chi connectivity index (χ0n) is 15.8. The van der Waals surface area contributed by atoms with Crippen molar-refractivity contribution in [2.75, 3.05) is 14.2 Å². The van der Waals surface area contributed by atoms with Crippen LogP contribution in [0.25, 0.3) is 11.8 Å². The first-order valence-corrected chi connectivity index (χ1v) is 9.68. The molecule has 3 heterocycles. The molecule has 0 bridgehead atoms. The van der Waals surface area contributed by atoms with Crippen molar-refractivity contribution in [3.63, 3.8) is 0 Å². The third-order valence-corrected chi connectivity index (χ3v) is 5.46. The van der Waals surface area contributed by atoms with Crippen LogP contribution in [0.2, 0.25) is 5.02 Å². The summed E-state index contributed by atoms with van der Waals surface area (Å²) in [6, 6.07) is 7.05. The van der Waals surface area contributed by atoms with Crippen LogP contribution in [-0.2, 0) is 4.79 Å². The maximum atomic E-state index is 12.5. The van der Waals surface area contributed by atoms with E-state index in [4.69, 9.17) is 26.5 Å². The normalized spacial score (nSPS) is 17.4. The molecule has 2 aromatic rings. The molecule has 0 fully saturated rings. The fourth-order valence-corrected chi connectivity index (χ4v) is 3.97. The Balaban J connectivity index is 1.79. The minimum absolute atomic E-state index is 0.0168. The summed E-state index contributed by atoms with van der Waals surface area (Å²) in [6.45, 7) is 1.80. The molecule has 10 heteroatoms. The lowest BCUT2D eigenvalue weighted by Gasteiger charge is -2.20. The molecule has 2 aliphatic rings. The number of thioether (sulfide) groups is 1. The minimum Gasteiger partial charge on any atom is -0.495 e. The Kier molecular flexibility index (Phi) is 4.93. The average molecular weight is 430 g/mol. The van der Waals surface area contributed by atoms with Gasteiger partial charge in [-0.2, -0.15) is 15.1 Å². The number of hydrogen-bond acceptors (Lipinski definition) is 6. The van der Waals surface area contributed by atoms with Crippen LogP contribution >= 0.6 is 23.4 Å². The number of hydrogen-bond donors (Lipinski definition) is 1.